The molecule has 0 amide bonds. The number of hydrogen-bond donors (Lipinski definition) is 0. The fourth-order valence-electron chi connectivity index (χ4n) is 17.8. The molecule has 502 valence electrons. The largest absolute Gasteiger partial charge is 0.310 e. The lowest BCUT2D eigenvalue weighted by Gasteiger charge is -2.46. The Morgan fingerprint density at radius 3 is 0.954 bits per heavy atom. The number of rotatable bonds is 13. The highest BCUT2D eigenvalue weighted by molar-refractivity contribution is 7.00. The van der Waals surface area contributed by atoms with Gasteiger partial charge in [-0.25, -0.2) is 0 Å². The van der Waals surface area contributed by atoms with E-state index in [1.54, 1.807) is 0 Å². The molecular formula is C104H68BN3. The van der Waals surface area contributed by atoms with Crippen LogP contribution in [-0.2, 0) is 0 Å². The number of benzene rings is 19. The Labute approximate surface area is 629 Å². The predicted octanol–water partition coefficient (Wildman–Crippen LogP) is 26.6. The summed E-state index contributed by atoms with van der Waals surface area (Å²) in [5, 5.41) is 10.1. The summed E-state index contributed by atoms with van der Waals surface area (Å²) >= 11 is 0. The third-order valence-corrected chi connectivity index (χ3v) is 22.6. The van der Waals surface area contributed by atoms with E-state index in [1.165, 1.54) is 76.2 Å². The Morgan fingerprint density at radius 2 is 0.528 bits per heavy atom. The quantitative estimate of drug-likeness (QED) is 0.0647. The molecule has 0 radical (unpaired) electrons. The minimum atomic E-state index is -0.321. The highest BCUT2D eigenvalue weighted by atomic mass is 15.2. The summed E-state index contributed by atoms with van der Waals surface area (Å²) in [6.07, 6.45) is 0. The summed E-state index contributed by atoms with van der Waals surface area (Å²) < 4.78 is 0. The second-order valence-corrected chi connectivity index (χ2v) is 28.5. The van der Waals surface area contributed by atoms with E-state index in [1.807, 2.05) is 0 Å². The van der Waals surface area contributed by atoms with Crippen LogP contribution in [-0.4, -0.2) is 6.71 Å². The standard InChI is InChI=1S/C104H68BN3/c1-8-27-69(28-9-1)72-51-58-82(59-52-72)106(83-60-53-73(54-61-83)70-29-10-2-11-30-70)84-67-97-102-98(68-84)108(104-88(76-37-18-6-19-38-76)46-26-47-89(104)77-39-20-7-21-40-77)96-64-57-81(85-62-55-79-43-23-49-91-90-48-22-41-78-42-24-50-92(99(78)90)101(85)100(79)91)66-94(96)105(102)93-65-80(71-31-12-3-13-32-71)56-63-95(93)107(97)103-86(74-33-14-4-15-34-74)44-25-45-87(103)75-35-16-5-17-36-75/h1-68H. The molecule has 0 saturated heterocycles. The van der Waals surface area contributed by atoms with Crippen LogP contribution in [0.1, 0.15) is 0 Å². The van der Waals surface area contributed by atoms with Gasteiger partial charge in [0.05, 0.1) is 17.1 Å². The summed E-state index contributed by atoms with van der Waals surface area (Å²) in [5.41, 5.74) is 31.5. The van der Waals surface area contributed by atoms with Gasteiger partial charge in [-0.2, -0.15) is 0 Å². The number of nitrogens with zero attached hydrogens (tertiary/aromatic N) is 3. The molecule has 108 heavy (non-hydrogen) atoms. The van der Waals surface area contributed by atoms with Gasteiger partial charge < -0.3 is 14.7 Å². The maximum Gasteiger partial charge on any atom is 0.252 e. The molecule has 0 atom stereocenters. The van der Waals surface area contributed by atoms with Crippen LogP contribution in [0.2, 0.25) is 0 Å². The topological polar surface area (TPSA) is 9.72 Å². The Balaban J connectivity index is 0.932. The summed E-state index contributed by atoms with van der Waals surface area (Å²) in [5.74, 6) is 0. The molecule has 0 unspecified atom stereocenters. The molecule has 0 N–H and O–H groups in total. The first-order valence-electron chi connectivity index (χ1n) is 37.4. The Bertz CT molecular complexity index is 6410. The van der Waals surface area contributed by atoms with Crippen molar-refractivity contribution in [2.75, 3.05) is 14.7 Å². The van der Waals surface area contributed by atoms with E-state index in [4.69, 9.17) is 0 Å². The molecule has 19 aromatic rings. The van der Waals surface area contributed by atoms with Crippen LogP contribution in [0, 0.1) is 0 Å². The van der Waals surface area contributed by atoms with Gasteiger partial charge in [-0.3, -0.25) is 0 Å². The minimum absolute atomic E-state index is 0.321. The monoisotopic (exact) mass is 1370 g/mol. The molecule has 21 rings (SSSR count). The van der Waals surface area contributed by atoms with Crippen molar-refractivity contribution in [1.82, 2.24) is 0 Å². The van der Waals surface area contributed by atoms with E-state index in [2.05, 4.69) is 427 Å². The van der Waals surface area contributed by atoms with E-state index < -0.39 is 0 Å². The Kier molecular flexibility index (Phi) is 15.0. The van der Waals surface area contributed by atoms with Crippen LogP contribution in [0.5, 0.6) is 0 Å². The van der Waals surface area contributed by atoms with Crippen LogP contribution < -0.4 is 31.1 Å². The van der Waals surface area contributed by atoms with Gasteiger partial charge in [0.1, 0.15) is 0 Å². The third-order valence-electron chi connectivity index (χ3n) is 22.6. The molecule has 2 heterocycles. The van der Waals surface area contributed by atoms with E-state index in [0.29, 0.717) is 0 Å². The molecule has 0 aliphatic carbocycles. The normalized spacial score (nSPS) is 12.2. The van der Waals surface area contributed by atoms with Crippen molar-refractivity contribution < 1.29 is 0 Å². The number of hydrogen-bond acceptors (Lipinski definition) is 3. The molecule has 0 fully saturated rings. The zero-order valence-electron chi connectivity index (χ0n) is 59.2. The summed E-state index contributed by atoms with van der Waals surface area (Å²) in [7, 11) is 0. The molecule has 2 aliphatic heterocycles. The van der Waals surface area contributed by atoms with Crippen LogP contribution >= 0.6 is 0 Å². The molecule has 0 saturated carbocycles. The van der Waals surface area contributed by atoms with Crippen LogP contribution in [0.15, 0.2) is 413 Å². The van der Waals surface area contributed by atoms with Crippen molar-refractivity contribution in [2.45, 2.75) is 0 Å². The van der Waals surface area contributed by atoms with Crippen molar-refractivity contribution in [2.24, 2.45) is 0 Å². The van der Waals surface area contributed by atoms with Gasteiger partial charge >= 0.3 is 0 Å². The lowest BCUT2D eigenvalue weighted by molar-refractivity contribution is 1.23. The van der Waals surface area contributed by atoms with Crippen molar-refractivity contribution in [3.63, 3.8) is 0 Å². The Morgan fingerprint density at radius 1 is 0.194 bits per heavy atom. The van der Waals surface area contributed by atoms with Crippen molar-refractivity contribution in [3.8, 4) is 89.0 Å². The number of fused-ring (bicyclic) bond motifs is 6. The van der Waals surface area contributed by atoms with Gasteiger partial charge in [-0.05, 0) is 175 Å². The minimum Gasteiger partial charge on any atom is -0.310 e. The van der Waals surface area contributed by atoms with Crippen LogP contribution in [0.25, 0.3) is 132 Å². The molecular weight excluding hydrogens is 1300 g/mol. The molecule has 0 bridgehead atoms. The van der Waals surface area contributed by atoms with Crippen LogP contribution in [0.3, 0.4) is 0 Å². The molecule has 0 aromatic heterocycles. The van der Waals surface area contributed by atoms with E-state index in [9.17, 15) is 0 Å². The maximum absolute atomic E-state index is 2.68. The molecule has 19 aromatic carbocycles. The fourth-order valence-corrected chi connectivity index (χ4v) is 17.8. The maximum atomic E-state index is 2.68. The second kappa shape index (κ2) is 26.0. The van der Waals surface area contributed by atoms with E-state index >= 15 is 0 Å². The molecule has 4 heteroatoms. The van der Waals surface area contributed by atoms with Crippen molar-refractivity contribution >= 4 is 117 Å². The summed E-state index contributed by atoms with van der Waals surface area (Å²) in [4.78, 5) is 7.85. The molecule has 2 aliphatic rings. The van der Waals surface area contributed by atoms with E-state index in [-0.39, 0.29) is 6.71 Å². The van der Waals surface area contributed by atoms with Gasteiger partial charge in [0.25, 0.3) is 6.71 Å². The zero-order chi connectivity index (χ0) is 71.2. The lowest BCUT2D eigenvalue weighted by Crippen LogP contribution is -2.61. The fraction of sp³-hybridized carbons (Fsp3) is 0. The van der Waals surface area contributed by atoms with Gasteiger partial charge in [-0.15, -0.1) is 0 Å². The first-order valence-corrected chi connectivity index (χ1v) is 37.4. The van der Waals surface area contributed by atoms with Crippen molar-refractivity contribution in [1.29, 1.82) is 0 Å². The number of para-hydroxylation sites is 2. The zero-order valence-corrected chi connectivity index (χ0v) is 59.2. The first kappa shape index (κ1) is 62.5. The predicted molar refractivity (Wildman–Crippen MR) is 460 cm³/mol. The molecule has 0 spiro atoms. The smallest absolute Gasteiger partial charge is 0.252 e. The average molecular weight is 1370 g/mol. The van der Waals surface area contributed by atoms with Crippen LogP contribution in [0.4, 0.5) is 51.2 Å². The summed E-state index contributed by atoms with van der Waals surface area (Å²) in [6, 6.07) is 154. The average Bonchev–Trinajstić information content (AvgIpc) is 0.687. The first-order chi connectivity index (χ1) is 53.6. The van der Waals surface area contributed by atoms with Gasteiger partial charge in [0, 0.05) is 56.4 Å². The van der Waals surface area contributed by atoms with Gasteiger partial charge in [-0.1, -0.05) is 364 Å². The second-order valence-electron chi connectivity index (χ2n) is 28.5. The van der Waals surface area contributed by atoms with Crippen molar-refractivity contribution in [3.05, 3.63) is 413 Å². The lowest BCUT2D eigenvalue weighted by atomic mass is 9.33. The highest BCUT2D eigenvalue weighted by Crippen LogP contribution is 2.56. The molecule has 3 nitrogen and oxygen atoms in total. The third kappa shape index (κ3) is 10.4. The summed E-state index contributed by atoms with van der Waals surface area (Å²) in [6.45, 7) is -0.321. The van der Waals surface area contributed by atoms with Gasteiger partial charge in [0.2, 0.25) is 0 Å². The van der Waals surface area contributed by atoms with Gasteiger partial charge in [0.15, 0.2) is 0 Å². The Hall–Kier alpha value is -14.1. The number of anilines is 9. The SMILES string of the molecule is c1ccc(-c2ccc(N(c3ccc(-c4ccccc4)cc3)c3cc4c5c(c3)N(c3c(-c6ccccc6)cccc3-c3ccccc3)c3ccc(-c6ccc7cccc8c9cccc%10cccc(c6c78)c%109)cc3B5c3cc(-c5ccccc5)ccc3N4c3c(-c4ccccc4)cccc3-c3ccccc3)cc2)cc1. The highest BCUT2D eigenvalue weighted by Gasteiger charge is 2.46. The van der Waals surface area contributed by atoms with E-state index in [0.717, 1.165) is 124 Å².